The molecule has 0 spiro atoms. The van der Waals surface area contributed by atoms with Crippen LogP contribution in [-0.4, -0.2) is 23.1 Å². The van der Waals surface area contributed by atoms with Gasteiger partial charge in [0.25, 0.3) is 5.91 Å². The van der Waals surface area contributed by atoms with E-state index >= 15 is 0 Å². The van der Waals surface area contributed by atoms with Crippen LogP contribution >= 0.6 is 22.7 Å². The van der Waals surface area contributed by atoms with Crippen LogP contribution in [0.3, 0.4) is 0 Å². The van der Waals surface area contributed by atoms with Gasteiger partial charge in [-0.3, -0.25) is 9.59 Å². The van der Waals surface area contributed by atoms with Gasteiger partial charge in [-0.1, -0.05) is 0 Å². The zero-order valence-corrected chi connectivity index (χ0v) is 12.8. The summed E-state index contributed by atoms with van der Waals surface area (Å²) in [5.41, 5.74) is 1.23. The number of hydrogen-bond donors (Lipinski definition) is 0. The number of carbonyl (C=O) groups is 2. The van der Waals surface area contributed by atoms with E-state index in [-0.39, 0.29) is 17.7 Å². The van der Waals surface area contributed by atoms with E-state index in [0.29, 0.717) is 9.75 Å². The van der Waals surface area contributed by atoms with Crippen molar-refractivity contribution in [2.24, 2.45) is 0 Å². The summed E-state index contributed by atoms with van der Waals surface area (Å²) in [5, 5.41) is 4.17. The maximum absolute atomic E-state index is 12.6. The normalized spacial score (nSPS) is 18.4. The minimum atomic E-state index is 0.0184. The molecule has 104 valence electrons. The molecule has 1 aliphatic rings. The summed E-state index contributed by atoms with van der Waals surface area (Å²) in [5.74, 6) is 0.0704. The molecule has 1 atom stereocenters. The lowest BCUT2D eigenvalue weighted by Gasteiger charge is -2.23. The third-order valence-corrected chi connectivity index (χ3v) is 5.48. The number of amides is 1. The third kappa shape index (κ3) is 2.43. The molecule has 1 fully saturated rings. The van der Waals surface area contributed by atoms with Crippen molar-refractivity contribution in [3.63, 3.8) is 0 Å². The fourth-order valence-corrected chi connectivity index (χ4v) is 4.17. The Morgan fingerprint density at radius 2 is 2.05 bits per heavy atom. The Kier molecular flexibility index (Phi) is 3.72. The quantitative estimate of drug-likeness (QED) is 0.804. The molecule has 3 nitrogen and oxygen atoms in total. The van der Waals surface area contributed by atoms with Gasteiger partial charge >= 0.3 is 0 Å². The summed E-state index contributed by atoms with van der Waals surface area (Å²) in [7, 11) is 0. The van der Waals surface area contributed by atoms with E-state index in [1.54, 1.807) is 23.5 Å². The van der Waals surface area contributed by atoms with Crippen molar-refractivity contribution in [3.8, 4) is 0 Å². The zero-order valence-electron chi connectivity index (χ0n) is 11.2. The number of Topliss-reactive ketones (excluding diaryl/α,β-unsaturated/α-hetero) is 1. The summed E-state index contributed by atoms with van der Waals surface area (Å²) in [6.07, 6.45) is 2.06. The van der Waals surface area contributed by atoms with Crippen LogP contribution in [0.1, 0.15) is 50.7 Å². The summed E-state index contributed by atoms with van der Waals surface area (Å²) in [6.45, 7) is 2.33. The van der Waals surface area contributed by atoms with Gasteiger partial charge in [0, 0.05) is 6.54 Å². The largest absolute Gasteiger partial charge is 0.331 e. The molecule has 3 heterocycles. The van der Waals surface area contributed by atoms with Gasteiger partial charge in [0.2, 0.25) is 0 Å². The van der Waals surface area contributed by atoms with Crippen molar-refractivity contribution >= 4 is 34.4 Å². The molecule has 3 rings (SSSR count). The number of nitrogens with zero attached hydrogens (tertiary/aromatic N) is 1. The minimum Gasteiger partial charge on any atom is -0.331 e. The molecule has 20 heavy (non-hydrogen) atoms. The Balaban J connectivity index is 1.83. The van der Waals surface area contributed by atoms with Gasteiger partial charge in [0.15, 0.2) is 5.78 Å². The van der Waals surface area contributed by atoms with E-state index < -0.39 is 0 Å². The van der Waals surface area contributed by atoms with E-state index in [9.17, 15) is 9.59 Å². The molecule has 1 aliphatic heterocycles. The van der Waals surface area contributed by atoms with Crippen LogP contribution in [-0.2, 0) is 0 Å². The predicted molar refractivity (Wildman–Crippen MR) is 81.7 cm³/mol. The van der Waals surface area contributed by atoms with Crippen LogP contribution in [0.2, 0.25) is 0 Å². The number of hydrogen-bond acceptors (Lipinski definition) is 4. The molecule has 0 saturated carbocycles. The van der Waals surface area contributed by atoms with Crippen LogP contribution in [0.15, 0.2) is 29.0 Å². The fourth-order valence-electron chi connectivity index (χ4n) is 2.60. The number of thiophene rings is 2. The SMILES string of the molecule is CC(=O)c1ccc(C(=O)N2CCCC2c2ccsc2)s1. The average molecular weight is 305 g/mol. The highest BCUT2D eigenvalue weighted by molar-refractivity contribution is 7.16. The molecule has 0 aliphatic carbocycles. The molecule has 1 amide bonds. The van der Waals surface area contributed by atoms with Gasteiger partial charge in [-0.15, -0.1) is 11.3 Å². The number of ketones is 1. The average Bonchev–Trinajstić information content (AvgIpc) is 3.17. The molecule has 0 N–H and O–H groups in total. The third-order valence-electron chi connectivity index (χ3n) is 3.61. The second-order valence-electron chi connectivity index (χ2n) is 4.93. The second-order valence-corrected chi connectivity index (χ2v) is 6.80. The van der Waals surface area contributed by atoms with Gasteiger partial charge in [0.1, 0.15) is 0 Å². The van der Waals surface area contributed by atoms with Gasteiger partial charge in [0.05, 0.1) is 15.8 Å². The first-order valence-corrected chi connectivity index (χ1v) is 8.36. The van der Waals surface area contributed by atoms with Crippen LogP contribution in [0.5, 0.6) is 0 Å². The second kappa shape index (κ2) is 5.50. The Morgan fingerprint density at radius 1 is 1.25 bits per heavy atom. The molecule has 0 bridgehead atoms. The maximum Gasteiger partial charge on any atom is 0.264 e. The summed E-state index contributed by atoms with van der Waals surface area (Å²) in [4.78, 5) is 27.2. The fraction of sp³-hybridized carbons (Fsp3) is 0.333. The molecule has 0 radical (unpaired) electrons. The Labute approximate surface area is 125 Å². The topological polar surface area (TPSA) is 37.4 Å². The highest BCUT2D eigenvalue weighted by atomic mass is 32.1. The number of likely N-dealkylation sites (tertiary alicyclic amines) is 1. The predicted octanol–water partition coefficient (Wildman–Crippen LogP) is 3.99. The van der Waals surface area contributed by atoms with E-state index in [0.717, 1.165) is 19.4 Å². The molecule has 1 saturated heterocycles. The lowest BCUT2D eigenvalue weighted by atomic mass is 10.1. The standard InChI is InChI=1S/C15H15NO2S2/c1-10(17)13-4-5-14(20-13)15(18)16-7-2-3-12(16)11-6-8-19-9-11/h4-6,8-9,12H,2-3,7H2,1H3. The smallest absolute Gasteiger partial charge is 0.264 e. The summed E-state index contributed by atoms with van der Waals surface area (Å²) in [6, 6.07) is 5.80. The molecular formula is C15H15NO2S2. The summed E-state index contributed by atoms with van der Waals surface area (Å²) < 4.78 is 0. The Hall–Kier alpha value is -1.46. The molecular weight excluding hydrogens is 290 g/mol. The number of rotatable bonds is 3. The van der Waals surface area contributed by atoms with Crippen molar-refractivity contribution in [2.75, 3.05) is 6.54 Å². The first-order chi connectivity index (χ1) is 9.66. The molecule has 2 aromatic rings. The number of carbonyl (C=O) groups excluding carboxylic acids is 2. The maximum atomic E-state index is 12.6. The monoisotopic (exact) mass is 305 g/mol. The molecule has 5 heteroatoms. The molecule has 1 unspecified atom stereocenters. The van der Waals surface area contributed by atoms with Crippen molar-refractivity contribution in [2.45, 2.75) is 25.8 Å². The first kappa shape index (κ1) is 13.5. The van der Waals surface area contributed by atoms with E-state index in [4.69, 9.17) is 0 Å². The van der Waals surface area contributed by atoms with Crippen LogP contribution < -0.4 is 0 Å². The van der Waals surface area contributed by atoms with Crippen molar-refractivity contribution in [1.82, 2.24) is 4.90 Å². The van der Waals surface area contributed by atoms with E-state index in [2.05, 4.69) is 16.8 Å². The van der Waals surface area contributed by atoms with Crippen LogP contribution in [0, 0.1) is 0 Å². The first-order valence-electron chi connectivity index (χ1n) is 6.60. The van der Waals surface area contributed by atoms with Gasteiger partial charge in [-0.05, 0) is 54.3 Å². The Bertz CT molecular complexity index is 630. The van der Waals surface area contributed by atoms with Crippen molar-refractivity contribution in [3.05, 3.63) is 44.3 Å². The van der Waals surface area contributed by atoms with Crippen molar-refractivity contribution < 1.29 is 9.59 Å². The van der Waals surface area contributed by atoms with Gasteiger partial charge in [-0.25, -0.2) is 0 Å². The molecule has 0 aromatic carbocycles. The van der Waals surface area contributed by atoms with Gasteiger partial charge < -0.3 is 4.90 Å². The Morgan fingerprint density at radius 3 is 2.70 bits per heavy atom. The van der Waals surface area contributed by atoms with E-state index in [1.807, 2.05) is 4.90 Å². The lowest BCUT2D eigenvalue weighted by Crippen LogP contribution is -2.29. The minimum absolute atomic E-state index is 0.0184. The van der Waals surface area contributed by atoms with E-state index in [1.165, 1.54) is 23.8 Å². The summed E-state index contributed by atoms with van der Waals surface area (Å²) >= 11 is 2.96. The van der Waals surface area contributed by atoms with Crippen LogP contribution in [0.25, 0.3) is 0 Å². The molecule has 2 aromatic heterocycles. The highest BCUT2D eigenvalue weighted by Gasteiger charge is 2.31. The lowest BCUT2D eigenvalue weighted by molar-refractivity contribution is 0.0740. The van der Waals surface area contributed by atoms with Gasteiger partial charge in [-0.2, -0.15) is 11.3 Å². The highest BCUT2D eigenvalue weighted by Crippen LogP contribution is 2.35. The van der Waals surface area contributed by atoms with Crippen LogP contribution in [0.4, 0.5) is 0 Å². The zero-order chi connectivity index (χ0) is 14.1. The van der Waals surface area contributed by atoms with Crippen molar-refractivity contribution in [1.29, 1.82) is 0 Å².